The van der Waals surface area contributed by atoms with Gasteiger partial charge in [-0.1, -0.05) is 66.7 Å². The lowest BCUT2D eigenvalue weighted by molar-refractivity contribution is -0.142. The first-order chi connectivity index (χ1) is 22.1. The van der Waals surface area contributed by atoms with Crippen LogP contribution in [-0.2, 0) is 38.4 Å². The van der Waals surface area contributed by atoms with E-state index in [4.69, 9.17) is 5.73 Å². The van der Waals surface area contributed by atoms with Crippen molar-refractivity contribution < 1.29 is 24.3 Å². The van der Waals surface area contributed by atoms with Crippen molar-refractivity contribution in [2.75, 3.05) is 0 Å². The van der Waals surface area contributed by atoms with Crippen molar-refractivity contribution in [1.82, 2.24) is 25.9 Å². The second-order valence-corrected chi connectivity index (χ2v) is 11.5. The number of nitrogens with two attached hydrogens (primary N) is 1. The highest BCUT2D eigenvalue weighted by Crippen LogP contribution is 2.23. The monoisotopic (exact) mass is 622 g/mol. The van der Waals surface area contributed by atoms with Crippen molar-refractivity contribution in [2.24, 2.45) is 5.73 Å². The SMILES string of the molecule is Cc1[nH]c2ccccc2c1C[C@@H](N)C(=O)N[C@@H](C)C(=O)N[C@@H](Cc1c[nH]c2ccccc12)C(=O)N[C@H](Cc1ccccc1)C(=O)O. The topological polar surface area (TPSA) is 182 Å². The van der Waals surface area contributed by atoms with Crippen molar-refractivity contribution >= 4 is 45.5 Å². The number of hydrogen-bond acceptors (Lipinski definition) is 5. The predicted molar refractivity (Wildman–Crippen MR) is 176 cm³/mol. The highest BCUT2D eigenvalue weighted by Gasteiger charge is 2.30. The molecule has 0 bridgehead atoms. The minimum atomic E-state index is -1.22. The number of rotatable bonds is 13. The van der Waals surface area contributed by atoms with Crippen molar-refractivity contribution in [3.8, 4) is 0 Å². The molecule has 238 valence electrons. The van der Waals surface area contributed by atoms with Crippen LogP contribution in [0, 0.1) is 6.92 Å². The van der Waals surface area contributed by atoms with Crippen LogP contribution in [-0.4, -0.2) is 62.9 Å². The summed E-state index contributed by atoms with van der Waals surface area (Å²) in [5.74, 6) is -2.99. The third-order valence-electron chi connectivity index (χ3n) is 8.17. The first-order valence-corrected chi connectivity index (χ1v) is 15.1. The third kappa shape index (κ3) is 7.44. The van der Waals surface area contributed by atoms with E-state index in [1.165, 1.54) is 6.92 Å². The Morgan fingerprint density at radius 2 is 1.37 bits per heavy atom. The molecule has 8 N–H and O–H groups in total. The van der Waals surface area contributed by atoms with Crippen LogP contribution < -0.4 is 21.7 Å². The Bertz CT molecular complexity index is 1860. The first-order valence-electron chi connectivity index (χ1n) is 15.1. The van der Waals surface area contributed by atoms with Crippen LogP contribution in [0.1, 0.15) is 29.3 Å². The molecule has 0 aliphatic rings. The van der Waals surface area contributed by atoms with Crippen LogP contribution in [0.25, 0.3) is 21.8 Å². The maximum Gasteiger partial charge on any atom is 0.326 e. The molecule has 0 spiro atoms. The summed E-state index contributed by atoms with van der Waals surface area (Å²) in [4.78, 5) is 58.6. The zero-order valence-corrected chi connectivity index (χ0v) is 25.7. The summed E-state index contributed by atoms with van der Waals surface area (Å²) in [6.45, 7) is 3.43. The number of carboxylic acids is 1. The van der Waals surface area contributed by atoms with Gasteiger partial charge in [0.15, 0.2) is 0 Å². The number of H-pyrrole nitrogens is 2. The molecule has 2 aromatic heterocycles. The molecule has 3 amide bonds. The van der Waals surface area contributed by atoms with Gasteiger partial charge in [-0.3, -0.25) is 14.4 Å². The van der Waals surface area contributed by atoms with Gasteiger partial charge in [-0.15, -0.1) is 0 Å². The predicted octanol–water partition coefficient (Wildman–Crippen LogP) is 2.87. The summed E-state index contributed by atoms with van der Waals surface area (Å²) < 4.78 is 0. The molecule has 11 heteroatoms. The normalized spacial score (nSPS) is 13.9. The fourth-order valence-electron chi connectivity index (χ4n) is 5.64. The van der Waals surface area contributed by atoms with E-state index in [2.05, 4.69) is 25.9 Å². The van der Waals surface area contributed by atoms with Gasteiger partial charge in [-0.05, 0) is 49.1 Å². The molecule has 0 radical (unpaired) electrons. The largest absolute Gasteiger partial charge is 0.480 e. The molecule has 0 unspecified atom stereocenters. The second-order valence-electron chi connectivity index (χ2n) is 11.5. The molecule has 5 aromatic rings. The van der Waals surface area contributed by atoms with E-state index < -0.39 is 47.9 Å². The Hall–Kier alpha value is -5.42. The Balaban J connectivity index is 1.29. The number of fused-ring (bicyclic) bond motifs is 2. The highest BCUT2D eigenvalue weighted by atomic mass is 16.4. The third-order valence-corrected chi connectivity index (χ3v) is 8.17. The van der Waals surface area contributed by atoms with Gasteiger partial charge in [0.25, 0.3) is 0 Å². The smallest absolute Gasteiger partial charge is 0.326 e. The zero-order valence-electron chi connectivity index (χ0n) is 25.7. The van der Waals surface area contributed by atoms with Gasteiger partial charge in [-0.2, -0.15) is 0 Å². The second kappa shape index (κ2) is 14.1. The number of aliphatic carboxylic acids is 1. The van der Waals surface area contributed by atoms with Crippen LogP contribution in [0.15, 0.2) is 85.1 Å². The number of carbonyl (C=O) groups is 4. The van der Waals surface area contributed by atoms with E-state index in [9.17, 15) is 24.3 Å². The Morgan fingerprint density at radius 3 is 2.09 bits per heavy atom. The molecule has 11 nitrogen and oxygen atoms in total. The quantitative estimate of drug-likeness (QED) is 0.106. The van der Waals surface area contributed by atoms with Gasteiger partial charge in [-0.25, -0.2) is 4.79 Å². The number of hydrogen-bond donors (Lipinski definition) is 7. The molecule has 5 rings (SSSR count). The molecule has 0 fully saturated rings. The lowest BCUT2D eigenvalue weighted by Crippen LogP contribution is -2.57. The zero-order chi connectivity index (χ0) is 32.8. The first kappa shape index (κ1) is 32.0. The number of carboxylic acid groups (broad SMARTS) is 1. The number of benzene rings is 3. The summed E-state index contributed by atoms with van der Waals surface area (Å²) >= 11 is 0. The molecular formula is C35H38N6O5. The summed E-state index contributed by atoms with van der Waals surface area (Å²) in [6, 6.07) is 19.9. The maximum atomic E-state index is 13.6. The fraction of sp³-hybridized carbons (Fsp3) is 0.257. The van der Waals surface area contributed by atoms with Gasteiger partial charge in [0, 0.05) is 46.5 Å². The lowest BCUT2D eigenvalue weighted by atomic mass is 10.0. The maximum absolute atomic E-state index is 13.6. The molecule has 4 atom stereocenters. The van der Waals surface area contributed by atoms with Crippen molar-refractivity contribution in [1.29, 1.82) is 0 Å². The summed E-state index contributed by atoms with van der Waals surface area (Å²) in [5.41, 5.74) is 11.4. The standard InChI is InChI=1S/C35H38N6O5/c1-20-26(25-13-7-9-15-29(25)38-20)18-27(36)33(43)39-21(2)32(42)40-30(17-23-19-37-28-14-8-6-12-24(23)28)34(44)41-31(35(45)46)16-22-10-4-3-5-11-22/h3-15,19,21,27,30-31,37-38H,16-18,36H2,1-2H3,(H,39,43)(H,40,42)(H,41,44)(H,45,46)/t21-,27+,30-,31+/m0/s1. The molecular weight excluding hydrogens is 584 g/mol. The molecule has 2 heterocycles. The highest BCUT2D eigenvalue weighted by molar-refractivity contribution is 5.95. The van der Waals surface area contributed by atoms with Crippen molar-refractivity contribution in [2.45, 2.75) is 57.3 Å². The number of carbonyl (C=O) groups excluding carboxylic acids is 3. The van der Waals surface area contributed by atoms with Crippen LogP contribution >= 0.6 is 0 Å². The Morgan fingerprint density at radius 1 is 0.739 bits per heavy atom. The summed E-state index contributed by atoms with van der Waals surface area (Å²) in [7, 11) is 0. The molecule has 0 aliphatic heterocycles. The Labute approximate surface area is 266 Å². The number of aromatic nitrogens is 2. The molecule has 3 aromatic carbocycles. The average Bonchev–Trinajstić information content (AvgIpc) is 3.60. The number of para-hydroxylation sites is 2. The van der Waals surface area contributed by atoms with Crippen LogP contribution in [0.4, 0.5) is 0 Å². The lowest BCUT2D eigenvalue weighted by Gasteiger charge is -2.24. The van der Waals surface area contributed by atoms with Gasteiger partial charge in [0.1, 0.15) is 18.1 Å². The van der Waals surface area contributed by atoms with Crippen LogP contribution in [0.5, 0.6) is 0 Å². The van der Waals surface area contributed by atoms with Crippen LogP contribution in [0.2, 0.25) is 0 Å². The van der Waals surface area contributed by atoms with Crippen molar-refractivity contribution in [3.63, 3.8) is 0 Å². The number of aromatic amines is 2. The molecule has 0 aliphatic carbocycles. The van der Waals surface area contributed by atoms with Gasteiger partial charge >= 0.3 is 5.97 Å². The van der Waals surface area contributed by atoms with E-state index in [-0.39, 0.29) is 19.3 Å². The average molecular weight is 623 g/mol. The molecule has 0 saturated carbocycles. The number of aryl methyl sites for hydroxylation is 1. The number of nitrogens with one attached hydrogen (secondary N) is 5. The Kier molecular flexibility index (Phi) is 9.82. The molecule has 0 saturated heterocycles. The van der Waals surface area contributed by atoms with Gasteiger partial charge in [0.05, 0.1) is 6.04 Å². The van der Waals surface area contributed by atoms with E-state index in [0.29, 0.717) is 0 Å². The van der Waals surface area contributed by atoms with E-state index in [1.807, 2.05) is 61.5 Å². The summed E-state index contributed by atoms with van der Waals surface area (Å²) in [5, 5.41) is 19.7. The van der Waals surface area contributed by atoms with Gasteiger partial charge in [0.2, 0.25) is 17.7 Å². The molecule has 46 heavy (non-hydrogen) atoms. The summed E-state index contributed by atoms with van der Waals surface area (Å²) in [6.07, 6.45) is 2.17. The minimum absolute atomic E-state index is 0.0654. The van der Waals surface area contributed by atoms with Crippen molar-refractivity contribution in [3.05, 3.63) is 107 Å². The van der Waals surface area contributed by atoms with E-state index in [0.717, 1.165) is 44.2 Å². The van der Waals surface area contributed by atoms with Gasteiger partial charge < -0.3 is 36.8 Å². The van der Waals surface area contributed by atoms with E-state index >= 15 is 0 Å². The van der Waals surface area contributed by atoms with Crippen LogP contribution in [0.3, 0.4) is 0 Å². The minimum Gasteiger partial charge on any atom is -0.480 e. The number of amides is 3. The van der Waals surface area contributed by atoms with E-state index in [1.54, 1.807) is 30.5 Å². The fourth-order valence-corrected chi connectivity index (χ4v) is 5.64.